The van der Waals surface area contributed by atoms with Crippen molar-refractivity contribution in [1.82, 2.24) is 0 Å². The maximum absolute atomic E-state index is 13.6. The third kappa shape index (κ3) is 3.42. The summed E-state index contributed by atoms with van der Waals surface area (Å²) < 4.78 is 27.0. The Morgan fingerprint density at radius 1 is 1.22 bits per heavy atom. The highest BCUT2D eigenvalue weighted by Crippen LogP contribution is 2.28. The number of halogens is 3. The van der Waals surface area contributed by atoms with Crippen LogP contribution >= 0.6 is 15.9 Å². The van der Waals surface area contributed by atoms with Gasteiger partial charge in [0.1, 0.15) is 11.6 Å². The van der Waals surface area contributed by atoms with E-state index in [2.05, 4.69) is 21.2 Å². The normalized spacial score (nSPS) is 11.7. The number of aliphatic hydroxyl groups excluding tert-OH is 1. The molecule has 0 aromatic heterocycles. The molecule has 18 heavy (non-hydrogen) atoms. The van der Waals surface area contributed by atoms with Crippen LogP contribution in [0.1, 0.15) is 26.7 Å². The van der Waals surface area contributed by atoms with Crippen LogP contribution in [0, 0.1) is 17.0 Å². The van der Waals surface area contributed by atoms with E-state index in [-0.39, 0.29) is 22.2 Å². The van der Waals surface area contributed by atoms with Crippen LogP contribution in [-0.4, -0.2) is 18.3 Å². The van der Waals surface area contributed by atoms with Gasteiger partial charge in [0.2, 0.25) is 0 Å². The van der Waals surface area contributed by atoms with Gasteiger partial charge in [-0.05, 0) is 34.8 Å². The van der Waals surface area contributed by atoms with Crippen molar-refractivity contribution in [3.8, 4) is 0 Å². The van der Waals surface area contributed by atoms with E-state index in [0.29, 0.717) is 6.54 Å². The summed E-state index contributed by atoms with van der Waals surface area (Å²) in [5.41, 5.74) is -0.175. The van der Waals surface area contributed by atoms with E-state index in [1.54, 1.807) is 0 Å². The van der Waals surface area contributed by atoms with E-state index < -0.39 is 11.6 Å². The van der Waals surface area contributed by atoms with E-state index in [1.807, 2.05) is 13.8 Å². The van der Waals surface area contributed by atoms with Gasteiger partial charge in [-0.25, -0.2) is 8.78 Å². The highest BCUT2D eigenvalue weighted by atomic mass is 79.9. The van der Waals surface area contributed by atoms with Crippen LogP contribution in [0.15, 0.2) is 16.6 Å². The summed E-state index contributed by atoms with van der Waals surface area (Å²) in [4.78, 5) is 0. The Balaban J connectivity index is 2.83. The fourth-order valence-corrected chi connectivity index (χ4v) is 2.04. The summed E-state index contributed by atoms with van der Waals surface area (Å²) in [6.45, 7) is 4.38. The van der Waals surface area contributed by atoms with Crippen LogP contribution in [0.5, 0.6) is 0 Å². The number of rotatable bonds is 6. The molecule has 0 unspecified atom stereocenters. The third-order valence-corrected chi connectivity index (χ3v) is 4.11. The maximum atomic E-state index is 13.6. The molecule has 2 N–H and O–H groups in total. The van der Waals surface area contributed by atoms with Crippen molar-refractivity contribution in [2.24, 2.45) is 5.41 Å². The lowest BCUT2D eigenvalue weighted by Crippen LogP contribution is -2.32. The van der Waals surface area contributed by atoms with Gasteiger partial charge in [0.05, 0.1) is 16.8 Å². The van der Waals surface area contributed by atoms with Gasteiger partial charge in [-0.2, -0.15) is 0 Å². The van der Waals surface area contributed by atoms with Crippen LogP contribution in [0.2, 0.25) is 0 Å². The van der Waals surface area contributed by atoms with Crippen molar-refractivity contribution >= 4 is 21.6 Å². The molecule has 0 atom stereocenters. The molecule has 0 bridgehead atoms. The maximum Gasteiger partial charge on any atom is 0.147 e. The summed E-state index contributed by atoms with van der Waals surface area (Å²) in [5, 5.41) is 12.3. The predicted molar refractivity (Wildman–Crippen MR) is 72.6 cm³/mol. The largest absolute Gasteiger partial charge is 0.396 e. The van der Waals surface area contributed by atoms with E-state index in [1.165, 1.54) is 0 Å². The SMILES string of the molecule is CCC(CC)(CO)CNc1cc(F)c(Br)cc1F. The molecule has 0 aliphatic heterocycles. The molecule has 102 valence electrons. The molecular weight excluding hydrogens is 304 g/mol. The fourth-order valence-electron chi connectivity index (χ4n) is 1.72. The van der Waals surface area contributed by atoms with Crippen LogP contribution in [0.25, 0.3) is 0 Å². The van der Waals surface area contributed by atoms with Crippen LogP contribution in [0.4, 0.5) is 14.5 Å². The molecule has 0 fully saturated rings. The zero-order valence-electron chi connectivity index (χ0n) is 10.6. The minimum Gasteiger partial charge on any atom is -0.396 e. The Kier molecular flexibility index (Phi) is 5.53. The average molecular weight is 322 g/mol. The summed E-state index contributed by atoms with van der Waals surface area (Å²) in [5.74, 6) is -1.02. The first-order chi connectivity index (χ1) is 8.48. The number of benzene rings is 1. The molecule has 0 saturated heterocycles. The molecule has 0 saturated carbocycles. The average Bonchev–Trinajstić information content (AvgIpc) is 2.37. The van der Waals surface area contributed by atoms with Gasteiger partial charge in [0.15, 0.2) is 0 Å². The standard InChI is InChI=1S/C13H18BrF2NO/c1-3-13(4-2,8-18)7-17-12-6-10(15)9(14)5-11(12)16/h5-6,17-18H,3-4,7-8H2,1-2H3. The quantitative estimate of drug-likeness (QED) is 0.778. The summed E-state index contributed by atoms with van der Waals surface area (Å²) >= 11 is 2.93. The summed E-state index contributed by atoms with van der Waals surface area (Å²) in [7, 11) is 0. The Morgan fingerprint density at radius 3 is 2.33 bits per heavy atom. The van der Waals surface area contributed by atoms with Crippen LogP contribution < -0.4 is 5.32 Å². The number of nitrogens with one attached hydrogen (secondary N) is 1. The highest BCUT2D eigenvalue weighted by molar-refractivity contribution is 9.10. The van der Waals surface area contributed by atoms with Crippen molar-refractivity contribution in [3.05, 3.63) is 28.2 Å². The topological polar surface area (TPSA) is 32.3 Å². The van der Waals surface area contributed by atoms with Gasteiger partial charge in [-0.15, -0.1) is 0 Å². The first-order valence-electron chi connectivity index (χ1n) is 5.97. The molecule has 0 aliphatic rings. The monoisotopic (exact) mass is 321 g/mol. The van der Waals surface area contributed by atoms with Crippen molar-refractivity contribution in [2.45, 2.75) is 26.7 Å². The molecule has 0 amide bonds. The first kappa shape index (κ1) is 15.4. The van der Waals surface area contributed by atoms with E-state index in [0.717, 1.165) is 25.0 Å². The van der Waals surface area contributed by atoms with Gasteiger partial charge in [-0.1, -0.05) is 13.8 Å². The molecule has 0 aliphatic carbocycles. The van der Waals surface area contributed by atoms with Gasteiger partial charge in [-0.3, -0.25) is 0 Å². The van der Waals surface area contributed by atoms with Gasteiger partial charge < -0.3 is 10.4 Å². The molecular formula is C13H18BrF2NO. The van der Waals surface area contributed by atoms with E-state index >= 15 is 0 Å². The summed E-state index contributed by atoms with van der Waals surface area (Å²) in [6.07, 6.45) is 1.54. The number of aliphatic hydroxyl groups is 1. The van der Waals surface area contributed by atoms with Gasteiger partial charge in [0.25, 0.3) is 0 Å². The second kappa shape index (κ2) is 6.48. The van der Waals surface area contributed by atoms with Crippen molar-refractivity contribution in [1.29, 1.82) is 0 Å². The lowest BCUT2D eigenvalue weighted by atomic mass is 9.83. The zero-order valence-corrected chi connectivity index (χ0v) is 12.2. The smallest absolute Gasteiger partial charge is 0.147 e. The second-order valence-corrected chi connectivity index (χ2v) is 5.32. The molecule has 1 rings (SSSR count). The number of hydrogen-bond donors (Lipinski definition) is 2. The Hall–Kier alpha value is -0.680. The Bertz CT molecular complexity index is 400. The van der Waals surface area contributed by atoms with Crippen molar-refractivity contribution in [2.75, 3.05) is 18.5 Å². The molecule has 1 aromatic rings. The van der Waals surface area contributed by atoms with Crippen LogP contribution in [0.3, 0.4) is 0 Å². The van der Waals surface area contributed by atoms with Crippen molar-refractivity contribution < 1.29 is 13.9 Å². The molecule has 0 heterocycles. The van der Waals surface area contributed by atoms with Crippen molar-refractivity contribution in [3.63, 3.8) is 0 Å². The second-order valence-electron chi connectivity index (χ2n) is 4.46. The third-order valence-electron chi connectivity index (χ3n) is 3.50. The lowest BCUT2D eigenvalue weighted by molar-refractivity contribution is 0.127. The molecule has 0 radical (unpaired) electrons. The van der Waals surface area contributed by atoms with Crippen LogP contribution in [-0.2, 0) is 0 Å². The zero-order chi connectivity index (χ0) is 13.8. The first-order valence-corrected chi connectivity index (χ1v) is 6.76. The minimum atomic E-state index is -0.513. The molecule has 0 spiro atoms. The predicted octanol–water partition coefficient (Wildman–Crippen LogP) is 3.94. The molecule has 1 aromatic carbocycles. The Labute approximate surface area is 115 Å². The number of hydrogen-bond acceptors (Lipinski definition) is 2. The Morgan fingerprint density at radius 2 is 1.83 bits per heavy atom. The fraction of sp³-hybridized carbons (Fsp3) is 0.538. The number of anilines is 1. The van der Waals surface area contributed by atoms with E-state index in [4.69, 9.17) is 0 Å². The van der Waals surface area contributed by atoms with Gasteiger partial charge >= 0.3 is 0 Å². The lowest BCUT2D eigenvalue weighted by Gasteiger charge is -2.30. The van der Waals surface area contributed by atoms with E-state index in [9.17, 15) is 13.9 Å². The summed E-state index contributed by atoms with van der Waals surface area (Å²) in [6, 6.07) is 2.21. The molecule has 2 nitrogen and oxygen atoms in total. The molecule has 5 heteroatoms. The van der Waals surface area contributed by atoms with Gasteiger partial charge in [0, 0.05) is 18.0 Å². The highest BCUT2D eigenvalue weighted by Gasteiger charge is 2.25. The minimum absolute atomic E-state index is 0.0215.